The van der Waals surface area contributed by atoms with Crippen LogP contribution >= 0.6 is 0 Å². The van der Waals surface area contributed by atoms with Crippen LogP contribution in [0.3, 0.4) is 0 Å². The molecule has 24 heavy (non-hydrogen) atoms. The Balaban J connectivity index is 2.06. The summed E-state index contributed by atoms with van der Waals surface area (Å²) in [4.78, 5) is 25.8. The number of carbonyl (C=O) groups excluding carboxylic acids is 2. The number of hydrogen-bond donors (Lipinski definition) is 1. The lowest BCUT2D eigenvalue weighted by Gasteiger charge is -2.31. The summed E-state index contributed by atoms with van der Waals surface area (Å²) in [6, 6.07) is 3.98. The van der Waals surface area contributed by atoms with E-state index in [4.69, 9.17) is 4.74 Å². The molecule has 126 valence electrons. The molecule has 2 aliphatic rings. The SMILES string of the molecule is CC#Cc1cc(C)c(C2C(=O)NC3(CCOCC3)C2=O)c(CC)c1. The highest BCUT2D eigenvalue weighted by Gasteiger charge is 2.54. The third-order valence-corrected chi connectivity index (χ3v) is 5.12. The van der Waals surface area contributed by atoms with E-state index in [0.29, 0.717) is 26.1 Å². The molecule has 4 heteroatoms. The van der Waals surface area contributed by atoms with Crippen LogP contribution in [-0.4, -0.2) is 30.4 Å². The molecule has 3 rings (SSSR count). The van der Waals surface area contributed by atoms with Gasteiger partial charge in [-0.3, -0.25) is 9.59 Å². The highest BCUT2D eigenvalue weighted by atomic mass is 16.5. The van der Waals surface area contributed by atoms with Crippen molar-refractivity contribution in [2.75, 3.05) is 13.2 Å². The molecular weight excluding hydrogens is 302 g/mol. The standard InChI is InChI=1S/C20H23NO3/c1-4-6-14-11-13(3)16(15(5-2)12-14)17-18(22)20(21-19(17)23)7-9-24-10-8-20/h11-12,17H,5,7-10H2,1-3H3,(H,21,23). The van der Waals surface area contributed by atoms with Crippen molar-refractivity contribution >= 4 is 11.7 Å². The maximum atomic E-state index is 13.2. The number of hydrogen-bond acceptors (Lipinski definition) is 3. The number of nitrogens with one attached hydrogen (secondary N) is 1. The molecule has 0 saturated carbocycles. The first-order valence-electron chi connectivity index (χ1n) is 8.52. The van der Waals surface area contributed by atoms with Gasteiger partial charge in [0.25, 0.3) is 0 Å². The molecule has 2 fully saturated rings. The number of rotatable bonds is 2. The molecule has 2 heterocycles. The minimum Gasteiger partial charge on any atom is -0.381 e. The number of ether oxygens (including phenoxy) is 1. The van der Waals surface area contributed by atoms with Crippen molar-refractivity contribution in [2.24, 2.45) is 0 Å². The summed E-state index contributed by atoms with van der Waals surface area (Å²) >= 11 is 0. The Morgan fingerprint density at radius 1 is 1.29 bits per heavy atom. The van der Waals surface area contributed by atoms with Gasteiger partial charge in [-0.25, -0.2) is 0 Å². The van der Waals surface area contributed by atoms with E-state index in [0.717, 1.165) is 28.7 Å². The lowest BCUT2D eigenvalue weighted by Crippen LogP contribution is -2.50. The highest BCUT2D eigenvalue weighted by molar-refractivity contribution is 6.17. The summed E-state index contributed by atoms with van der Waals surface area (Å²) in [6.07, 6.45) is 1.89. The van der Waals surface area contributed by atoms with Crippen LogP contribution < -0.4 is 5.32 Å². The lowest BCUT2D eigenvalue weighted by atomic mass is 9.79. The molecule has 0 radical (unpaired) electrons. The maximum absolute atomic E-state index is 13.2. The molecule has 1 unspecified atom stereocenters. The summed E-state index contributed by atoms with van der Waals surface area (Å²) in [5.74, 6) is 5.10. The molecule has 1 amide bonds. The van der Waals surface area contributed by atoms with Crippen LogP contribution in [0.4, 0.5) is 0 Å². The molecule has 0 bridgehead atoms. The molecule has 1 aromatic rings. The van der Waals surface area contributed by atoms with Crippen molar-refractivity contribution in [2.45, 2.75) is 51.5 Å². The minimum atomic E-state index is -0.737. The average Bonchev–Trinajstić information content (AvgIpc) is 2.79. The molecule has 0 aliphatic carbocycles. The number of Topliss-reactive ketones (excluding diaryl/α,β-unsaturated/α-hetero) is 1. The Morgan fingerprint density at radius 3 is 2.62 bits per heavy atom. The van der Waals surface area contributed by atoms with E-state index in [1.54, 1.807) is 6.92 Å². The van der Waals surface area contributed by atoms with Crippen LogP contribution in [0.15, 0.2) is 12.1 Å². The zero-order chi connectivity index (χ0) is 17.3. The van der Waals surface area contributed by atoms with Gasteiger partial charge in [0.1, 0.15) is 11.5 Å². The van der Waals surface area contributed by atoms with Crippen LogP contribution in [0.5, 0.6) is 0 Å². The zero-order valence-corrected chi connectivity index (χ0v) is 14.5. The molecule has 1 N–H and O–H groups in total. The second-order valence-corrected chi connectivity index (χ2v) is 6.58. The molecule has 2 saturated heterocycles. The Labute approximate surface area is 143 Å². The van der Waals surface area contributed by atoms with Gasteiger partial charge in [0.2, 0.25) is 5.91 Å². The first-order chi connectivity index (χ1) is 11.5. The predicted octanol–water partition coefficient (Wildman–Crippen LogP) is 2.26. The minimum absolute atomic E-state index is 0.00271. The van der Waals surface area contributed by atoms with E-state index >= 15 is 0 Å². The largest absolute Gasteiger partial charge is 0.381 e. The van der Waals surface area contributed by atoms with E-state index < -0.39 is 11.5 Å². The second-order valence-electron chi connectivity index (χ2n) is 6.58. The van der Waals surface area contributed by atoms with Gasteiger partial charge in [0, 0.05) is 31.6 Å². The smallest absolute Gasteiger partial charge is 0.235 e. The predicted molar refractivity (Wildman–Crippen MR) is 91.8 cm³/mol. The normalized spacial score (nSPS) is 22.2. The van der Waals surface area contributed by atoms with Gasteiger partial charge in [-0.15, -0.1) is 5.92 Å². The van der Waals surface area contributed by atoms with Crippen molar-refractivity contribution in [3.8, 4) is 11.8 Å². The van der Waals surface area contributed by atoms with Gasteiger partial charge in [0.15, 0.2) is 5.78 Å². The maximum Gasteiger partial charge on any atom is 0.235 e. The topological polar surface area (TPSA) is 55.4 Å². The van der Waals surface area contributed by atoms with Crippen LogP contribution in [0, 0.1) is 18.8 Å². The fourth-order valence-corrected chi connectivity index (χ4v) is 3.91. The molecule has 2 aliphatic heterocycles. The molecule has 1 spiro atoms. The lowest BCUT2D eigenvalue weighted by molar-refractivity contribution is -0.127. The van der Waals surface area contributed by atoms with E-state index in [-0.39, 0.29) is 11.7 Å². The highest BCUT2D eigenvalue weighted by Crippen LogP contribution is 2.38. The van der Waals surface area contributed by atoms with Crippen LogP contribution in [-0.2, 0) is 20.7 Å². The van der Waals surface area contributed by atoms with E-state index in [1.165, 1.54) is 0 Å². The number of carbonyl (C=O) groups is 2. The summed E-state index contributed by atoms with van der Waals surface area (Å²) in [6.45, 7) is 6.85. The molecule has 1 aromatic carbocycles. The van der Waals surface area contributed by atoms with Crippen molar-refractivity contribution in [3.05, 3.63) is 34.4 Å². The summed E-state index contributed by atoms with van der Waals surface area (Å²) in [5, 5.41) is 2.99. The number of amides is 1. The van der Waals surface area contributed by atoms with Crippen molar-refractivity contribution in [1.82, 2.24) is 5.32 Å². The molecule has 4 nitrogen and oxygen atoms in total. The molecular formula is C20H23NO3. The van der Waals surface area contributed by atoms with Crippen molar-refractivity contribution < 1.29 is 14.3 Å². The monoisotopic (exact) mass is 325 g/mol. The van der Waals surface area contributed by atoms with E-state index in [9.17, 15) is 9.59 Å². The van der Waals surface area contributed by atoms with Crippen molar-refractivity contribution in [1.29, 1.82) is 0 Å². The fraction of sp³-hybridized carbons (Fsp3) is 0.500. The zero-order valence-electron chi connectivity index (χ0n) is 14.5. The molecule has 0 aromatic heterocycles. The van der Waals surface area contributed by atoms with E-state index in [1.807, 2.05) is 26.0 Å². The Hall–Kier alpha value is -2.12. The third kappa shape index (κ3) is 2.63. The van der Waals surface area contributed by atoms with Gasteiger partial charge in [-0.1, -0.05) is 12.8 Å². The Kier molecular flexibility index (Phi) is 4.47. The number of benzene rings is 1. The molecule has 1 atom stereocenters. The van der Waals surface area contributed by atoms with E-state index in [2.05, 4.69) is 17.2 Å². The first-order valence-corrected chi connectivity index (χ1v) is 8.52. The van der Waals surface area contributed by atoms with Crippen LogP contribution in [0.25, 0.3) is 0 Å². The number of ketones is 1. The summed E-state index contributed by atoms with van der Waals surface area (Å²) in [7, 11) is 0. The van der Waals surface area contributed by atoms with Gasteiger partial charge in [-0.05, 0) is 49.1 Å². The Bertz CT molecular complexity index is 748. The van der Waals surface area contributed by atoms with Gasteiger partial charge in [-0.2, -0.15) is 0 Å². The summed E-state index contributed by atoms with van der Waals surface area (Å²) in [5.41, 5.74) is 3.06. The second kappa shape index (κ2) is 6.41. The van der Waals surface area contributed by atoms with Crippen LogP contribution in [0.1, 0.15) is 54.9 Å². The average molecular weight is 325 g/mol. The summed E-state index contributed by atoms with van der Waals surface area (Å²) < 4.78 is 5.37. The first kappa shape index (κ1) is 16.7. The van der Waals surface area contributed by atoms with Crippen molar-refractivity contribution in [3.63, 3.8) is 0 Å². The number of aryl methyl sites for hydroxylation is 2. The quantitative estimate of drug-likeness (QED) is 0.670. The fourth-order valence-electron chi connectivity index (χ4n) is 3.91. The van der Waals surface area contributed by atoms with Gasteiger partial charge < -0.3 is 10.1 Å². The third-order valence-electron chi connectivity index (χ3n) is 5.12. The Morgan fingerprint density at radius 2 is 2.00 bits per heavy atom. The van der Waals surface area contributed by atoms with Gasteiger partial charge in [0.05, 0.1) is 0 Å². The van der Waals surface area contributed by atoms with Crippen LogP contribution in [0.2, 0.25) is 0 Å². The van der Waals surface area contributed by atoms with Gasteiger partial charge >= 0.3 is 0 Å².